The molecule has 1 fully saturated rings. The Morgan fingerprint density at radius 2 is 1.90 bits per heavy atom. The van der Waals surface area contributed by atoms with Crippen LogP contribution in [0.5, 0.6) is 0 Å². The Balaban J connectivity index is 0.00000220. The minimum absolute atomic E-state index is 0. The van der Waals surface area contributed by atoms with E-state index in [0.717, 1.165) is 38.2 Å². The average Bonchev–Trinajstić information content (AvgIpc) is 2.41. The smallest absolute Gasteiger partial charge is 0.240 e. The maximum atomic E-state index is 13.4. The molecule has 0 spiro atoms. The Kier molecular flexibility index (Phi) is 6.61. The topological polar surface area (TPSA) is 72.2 Å². The van der Waals surface area contributed by atoms with E-state index in [-0.39, 0.29) is 28.3 Å². The van der Waals surface area contributed by atoms with Crippen LogP contribution in [0.15, 0.2) is 27.6 Å². The lowest BCUT2D eigenvalue weighted by Crippen LogP contribution is -2.51. The van der Waals surface area contributed by atoms with E-state index in [0.29, 0.717) is 0 Å². The van der Waals surface area contributed by atoms with Gasteiger partial charge in [0.2, 0.25) is 10.0 Å². The Morgan fingerprint density at radius 3 is 2.48 bits per heavy atom. The van der Waals surface area contributed by atoms with Crippen LogP contribution in [0.2, 0.25) is 0 Å². The van der Waals surface area contributed by atoms with Crippen molar-refractivity contribution in [3.05, 3.63) is 28.5 Å². The van der Waals surface area contributed by atoms with E-state index in [1.165, 1.54) is 12.1 Å². The second-order valence-corrected chi connectivity index (χ2v) is 7.94. The molecule has 0 unspecified atom stereocenters. The maximum absolute atomic E-state index is 13.4. The van der Waals surface area contributed by atoms with E-state index in [2.05, 4.69) is 20.7 Å². The van der Waals surface area contributed by atoms with Crippen molar-refractivity contribution in [2.45, 2.75) is 42.5 Å². The van der Waals surface area contributed by atoms with Gasteiger partial charge in [-0.25, -0.2) is 17.5 Å². The third-order valence-corrected chi connectivity index (χ3v) is 5.71. The van der Waals surface area contributed by atoms with Crippen molar-refractivity contribution < 1.29 is 12.8 Å². The highest BCUT2D eigenvalue weighted by molar-refractivity contribution is 9.10. The quantitative estimate of drug-likeness (QED) is 0.815. The van der Waals surface area contributed by atoms with Crippen molar-refractivity contribution in [3.8, 4) is 0 Å². The zero-order chi connectivity index (χ0) is 14.8. The summed E-state index contributed by atoms with van der Waals surface area (Å²) in [7, 11) is -3.73. The van der Waals surface area contributed by atoms with Crippen molar-refractivity contribution in [3.63, 3.8) is 0 Å². The third kappa shape index (κ3) is 4.89. The number of nitrogens with one attached hydrogen (secondary N) is 1. The summed E-state index contributed by atoms with van der Waals surface area (Å²) >= 11 is 3.00. The number of benzene rings is 1. The Bertz CT molecular complexity index is 592. The largest absolute Gasteiger partial charge is 0.324 e. The molecule has 0 aromatic heterocycles. The van der Waals surface area contributed by atoms with Crippen LogP contribution in [0, 0.1) is 5.82 Å². The summed E-state index contributed by atoms with van der Waals surface area (Å²) in [6.07, 6.45) is 4.80. The molecule has 0 bridgehead atoms. The van der Waals surface area contributed by atoms with Gasteiger partial charge in [-0.15, -0.1) is 12.4 Å². The van der Waals surface area contributed by atoms with Crippen LogP contribution >= 0.6 is 28.3 Å². The predicted octanol–water partition coefficient (Wildman–Crippen LogP) is 2.95. The molecule has 1 aromatic rings. The average molecular weight is 402 g/mol. The van der Waals surface area contributed by atoms with Crippen LogP contribution in [0.3, 0.4) is 0 Å². The van der Waals surface area contributed by atoms with E-state index >= 15 is 0 Å². The van der Waals surface area contributed by atoms with Crippen molar-refractivity contribution in [2.24, 2.45) is 5.73 Å². The molecule has 21 heavy (non-hydrogen) atoms. The number of hydrogen-bond donors (Lipinski definition) is 2. The summed E-state index contributed by atoms with van der Waals surface area (Å²) in [5.74, 6) is -0.604. The molecule has 1 aliphatic carbocycles. The molecule has 0 amide bonds. The first-order valence-corrected chi connectivity index (χ1v) is 8.84. The van der Waals surface area contributed by atoms with Crippen LogP contribution in [-0.4, -0.2) is 20.5 Å². The van der Waals surface area contributed by atoms with Gasteiger partial charge in [-0.3, -0.25) is 0 Å². The second kappa shape index (κ2) is 7.37. The fourth-order valence-corrected chi connectivity index (χ4v) is 3.80. The van der Waals surface area contributed by atoms with Crippen LogP contribution in [-0.2, 0) is 10.0 Å². The maximum Gasteiger partial charge on any atom is 0.240 e. The van der Waals surface area contributed by atoms with Gasteiger partial charge in [0, 0.05) is 12.1 Å². The molecular formula is C13H19BrClFN2O2S. The van der Waals surface area contributed by atoms with Crippen molar-refractivity contribution >= 4 is 38.4 Å². The van der Waals surface area contributed by atoms with Gasteiger partial charge in [0.25, 0.3) is 0 Å². The van der Waals surface area contributed by atoms with E-state index in [1.807, 2.05) is 0 Å². The molecule has 1 aliphatic rings. The fourth-order valence-electron chi connectivity index (χ4n) is 2.40. The normalized spacial score (nSPS) is 18.0. The molecule has 8 heteroatoms. The van der Waals surface area contributed by atoms with Gasteiger partial charge < -0.3 is 5.73 Å². The molecule has 3 N–H and O–H groups in total. The monoisotopic (exact) mass is 400 g/mol. The summed E-state index contributed by atoms with van der Waals surface area (Å²) in [5.41, 5.74) is 5.70. The summed E-state index contributed by atoms with van der Waals surface area (Å²) in [4.78, 5) is -0.0855. The number of sulfonamides is 1. The first kappa shape index (κ1) is 18.8. The summed E-state index contributed by atoms with van der Waals surface area (Å²) in [5, 5.41) is 0. The number of halogens is 3. The summed E-state index contributed by atoms with van der Waals surface area (Å²) < 4.78 is 40.4. The van der Waals surface area contributed by atoms with E-state index < -0.39 is 21.4 Å². The molecule has 1 saturated carbocycles. The molecule has 1 aromatic carbocycles. The Morgan fingerprint density at radius 1 is 1.29 bits per heavy atom. The van der Waals surface area contributed by atoms with Crippen molar-refractivity contribution in [1.82, 2.24) is 4.72 Å². The Labute approximate surface area is 139 Å². The fraction of sp³-hybridized carbons (Fsp3) is 0.538. The van der Waals surface area contributed by atoms with E-state index in [4.69, 9.17) is 5.73 Å². The zero-order valence-electron chi connectivity index (χ0n) is 11.4. The molecule has 0 radical (unpaired) electrons. The minimum atomic E-state index is -3.73. The van der Waals surface area contributed by atoms with Crippen LogP contribution in [0.4, 0.5) is 4.39 Å². The summed E-state index contributed by atoms with van der Waals surface area (Å²) in [6.45, 7) is 0.188. The highest BCUT2D eigenvalue weighted by atomic mass is 79.9. The van der Waals surface area contributed by atoms with Gasteiger partial charge in [-0.05, 0) is 47.0 Å². The van der Waals surface area contributed by atoms with Gasteiger partial charge in [0.15, 0.2) is 0 Å². The molecule has 0 aliphatic heterocycles. The highest BCUT2D eigenvalue weighted by Crippen LogP contribution is 2.26. The number of nitrogens with two attached hydrogens (primary N) is 1. The van der Waals surface area contributed by atoms with Crippen LogP contribution < -0.4 is 10.5 Å². The SMILES string of the molecule is Cl.NC1(CNS(=O)(=O)c2ccc(Br)c(F)c2)CCCCC1. The second-order valence-electron chi connectivity index (χ2n) is 5.32. The van der Waals surface area contributed by atoms with Crippen molar-refractivity contribution in [2.75, 3.05) is 6.54 Å². The summed E-state index contributed by atoms with van der Waals surface area (Å²) in [6, 6.07) is 3.73. The molecular weight excluding hydrogens is 383 g/mol. The predicted molar refractivity (Wildman–Crippen MR) is 86.5 cm³/mol. The molecule has 2 rings (SSSR count). The van der Waals surface area contributed by atoms with Gasteiger partial charge in [0.05, 0.1) is 9.37 Å². The van der Waals surface area contributed by atoms with Gasteiger partial charge >= 0.3 is 0 Å². The molecule has 0 atom stereocenters. The lowest BCUT2D eigenvalue weighted by atomic mass is 9.83. The Hall–Kier alpha value is -0.210. The highest BCUT2D eigenvalue weighted by Gasteiger charge is 2.29. The standard InChI is InChI=1S/C13H18BrFN2O2S.ClH/c14-11-5-4-10(8-12(11)15)20(18,19)17-9-13(16)6-2-1-3-7-13;/h4-5,8,17H,1-3,6-7,9,16H2;1H. The zero-order valence-corrected chi connectivity index (χ0v) is 14.7. The van der Waals surface area contributed by atoms with Crippen molar-refractivity contribution in [1.29, 1.82) is 0 Å². The molecule has 120 valence electrons. The van der Waals surface area contributed by atoms with Crippen LogP contribution in [0.25, 0.3) is 0 Å². The van der Waals surface area contributed by atoms with E-state index in [1.54, 1.807) is 0 Å². The molecule has 0 saturated heterocycles. The minimum Gasteiger partial charge on any atom is -0.324 e. The number of rotatable bonds is 4. The van der Waals surface area contributed by atoms with E-state index in [9.17, 15) is 12.8 Å². The van der Waals surface area contributed by atoms with Gasteiger partial charge in [-0.2, -0.15) is 0 Å². The lowest BCUT2D eigenvalue weighted by molar-refractivity contribution is 0.296. The molecule has 4 nitrogen and oxygen atoms in total. The lowest BCUT2D eigenvalue weighted by Gasteiger charge is -2.33. The van der Waals surface area contributed by atoms with Gasteiger partial charge in [0.1, 0.15) is 5.82 Å². The molecule has 0 heterocycles. The first-order valence-electron chi connectivity index (χ1n) is 6.56. The van der Waals surface area contributed by atoms with Crippen LogP contribution in [0.1, 0.15) is 32.1 Å². The number of hydrogen-bond acceptors (Lipinski definition) is 3. The third-order valence-electron chi connectivity index (χ3n) is 3.66. The van der Waals surface area contributed by atoms with Gasteiger partial charge in [-0.1, -0.05) is 19.3 Å². The first-order chi connectivity index (χ1) is 9.32.